The molecule has 36 heavy (non-hydrogen) atoms. The van der Waals surface area contributed by atoms with E-state index < -0.39 is 16.1 Å². The lowest BCUT2D eigenvalue weighted by Gasteiger charge is -2.31. The molecule has 0 saturated heterocycles. The van der Waals surface area contributed by atoms with Gasteiger partial charge in [0.05, 0.1) is 17.0 Å². The number of sulfonamides is 1. The topological polar surface area (TPSA) is 86.8 Å². The maximum absolute atomic E-state index is 13.4. The average Bonchev–Trinajstić information content (AvgIpc) is 2.84. The van der Waals surface area contributed by atoms with Gasteiger partial charge in [-0.1, -0.05) is 67.4 Å². The highest BCUT2D eigenvalue weighted by atomic mass is 35.5. The van der Waals surface area contributed by atoms with Crippen LogP contribution in [0.1, 0.15) is 45.1 Å². The third-order valence-corrected chi connectivity index (χ3v) is 7.48. The minimum absolute atomic E-state index is 0.0516. The lowest BCUT2D eigenvalue weighted by atomic mass is 10.1. The van der Waals surface area contributed by atoms with Gasteiger partial charge in [-0.2, -0.15) is 0 Å². The van der Waals surface area contributed by atoms with Crippen LogP contribution in [0.25, 0.3) is 0 Å². The normalized spacial score (nSPS) is 12.1. The van der Waals surface area contributed by atoms with Crippen molar-refractivity contribution in [2.45, 2.75) is 52.0 Å². The van der Waals surface area contributed by atoms with Gasteiger partial charge in [0.2, 0.25) is 21.8 Å². The molecule has 0 fully saturated rings. The molecule has 0 heterocycles. The highest BCUT2D eigenvalue weighted by Gasteiger charge is 2.28. The van der Waals surface area contributed by atoms with E-state index in [1.165, 1.54) is 12.1 Å². The van der Waals surface area contributed by atoms with Crippen molar-refractivity contribution in [1.29, 1.82) is 0 Å². The standard InChI is InChI=1S/C26H35Cl2N3O4S/c1-4-16-29-26(33)23(5-2)30(18-15-20-10-7-6-8-11-20)25(32)12-9-17-31(36(3,34)35)24-19-21(27)13-14-22(24)28/h6-8,10-11,13-14,19,23H,4-5,9,12,15-18H2,1-3H3,(H,29,33)/t23-/m0/s1. The van der Waals surface area contributed by atoms with Gasteiger partial charge in [-0.3, -0.25) is 13.9 Å². The summed E-state index contributed by atoms with van der Waals surface area (Å²) in [7, 11) is -3.67. The Bertz CT molecular complexity index is 1110. The van der Waals surface area contributed by atoms with E-state index >= 15 is 0 Å². The Morgan fingerprint density at radius 2 is 1.72 bits per heavy atom. The summed E-state index contributed by atoms with van der Waals surface area (Å²) in [6.45, 7) is 4.83. The zero-order chi connectivity index (χ0) is 26.7. The van der Waals surface area contributed by atoms with Gasteiger partial charge in [0.1, 0.15) is 6.04 Å². The Balaban J connectivity index is 2.17. The maximum atomic E-state index is 13.4. The first kappa shape index (κ1) is 29.9. The SMILES string of the molecule is CCCNC(=O)[C@H](CC)N(CCc1ccccc1)C(=O)CCCN(c1cc(Cl)ccc1Cl)S(C)(=O)=O. The molecular formula is C26H35Cl2N3O4S. The van der Waals surface area contributed by atoms with Crippen molar-refractivity contribution in [3.8, 4) is 0 Å². The molecule has 0 spiro atoms. The van der Waals surface area contributed by atoms with Crippen LogP contribution in [-0.2, 0) is 26.0 Å². The smallest absolute Gasteiger partial charge is 0.242 e. The zero-order valence-corrected chi connectivity index (χ0v) is 23.4. The number of halogens is 2. The van der Waals surface area contributed by atoms with Crippen molar-refractivity contribution in [2.24, 2.45) is 0 Å². The number of hydrogen-bond acceptors (Lipinski definition) is 4. The van der Waals surface area contributed by atoms with Gasteiger partial charge in [-0.15, -0.1) is 0 Å². The molecule has 0 unspecified atom stereocenters. The van der Waals surface area contributed by atoms with Gasteiger partial charge in [-0.25, -0.2) is 8.42 Å². The summed E-state index contributed by atoms with van der Waals surface area (Å²) in [6, 6.07) is 13.8. The fraction of sp³-hybridized carbons (Fsp3) is 0.462. The summed E-state index contributed by atoms with van der Waals surface area (Å²) in [6.07, 6.45) is 3.30. The second kappa shape index (κ2) is 14.4. The predicted molar refractivity (Wildman–Crippen MR) is 147 cm³/mol. The Morgan fingerprint density at radius 1 is 1.03 bits per heavy atom. The van der Waals surface area contributed by atoms with Crippen molar-refractivity contribution in [3.63, 3.8) is 0 Å². The second-order valence-corrected chi connectivity index (χ2v) is 11.3. The van der Waals surface area contributed by atoms with Crippen LogP contribution < -0.4 is 9.62 Å². The lowest BCUT2D eigenvalue weighted by Crippen LogP contribution is -2.50. The quantitative estimate of drug-likeness (QED) is 0.358. The summed E-state index contributed by atoms with van der Waals surface area (Å²) in [4.78, 5) is 27.8. The first-order valence-electron chi connectivity index (χ1n) is 12.1. The molecule has 2 rings (SSSR count). The number of nitrogens with zero attached hydrogens (tertiary/aromatic N) is 2. The van der Waals surface area contributed by atoms with Crippen molar-refractivity contribution in [3.05, 3.63) is 64.1 Å². The molecule has 7 nitrogen and oxygen atoms in total. The van der Waals surface area contributed by atoms with E-state index in [1.807, 2.05) is 44.2 Å². The van der Waals surface area contributed by atoms with Crippen LogP contribution in [0.15, 0.2) is 48.5 Å². The summed E-state index contributed by atoms with van der Waals surface area (Å²) in [5.41, 5.74) is 1.34. The molecule has 0 aliphatic rings. The van der Waals surface area contributed by atoms with Crippen LogP contribution in [-0.4, -0.2) is 57.1 Å². The second-order valence-electron chi connectivity index (χ2n) is 8.57. The average molecular weight is 557 g/mol. The van der Waals surface area contributed by atoms with Crippen LogP contribution in [0.2, 0.25) is 10.0 Å². The molecule has 2 amide bonds. The third-order valence-electron chi connectivity index (χ3n) is 5.75. The monoisotopic (exact) mass is 555 g/mol. The summed E-state index contributed by atoms with van der Waals surface area (Å²) in [5.74, 6) is -0.376. The molecule has 0 bridgehead atoms. The molecule has 1 N–H and O–H groups in total. The molecule has 2 aromatic rings. The first-order valence-corrected chi connectivity index (χ1v) is 14.7. The minimum Gasteiger partial charge on any atom is -0.354 e. The number of amides is 2. The van der Waals surface area contributed by atoms with E-state index in [2.05, 4.69) is 5.32 Å². The first-order chi connectivity index (χ1) is 17.1. The maximum Gasteiger partial charge on any atom is 0.242 e. The number of carbonyl (C=O) groups is 2. The van der Waals surface area contributed by atoms with Crippen LogP contribution in [0.3, 0.4) is 0 Å². The number of rotatable bonds is 14. The van der Waals surface area contributed by atoms with Crippen molar-refractivity contribution in [1.82, 2.24) is 10.2 Å². The van der Waals surface area contributed by atoms with Crippen LogP contribution >= 0.6 is 23.2 Å². The van der Waals surface area contributed by atoms with Crippen molar-refractivity contribution >= 4 is 50.7 Å². The van der Waals surface area contributed by atoms with E-state index in [-0.39, 0.29) is 41.9 Å². The van der Waals surface area contributed by atoms with Gasteiger partial charge in [0.25, 0.3) is 0 Å². The number of anilines is 1. The van der Waals surface area contributed by atoms with Crippen LogP contribution in [0.5, 0.6) is 0 Å². The summed E-state index contributed by atoms with van der Waals surface area (Å²) in [5, 5.41) is 3.50. The molecule has 0 radical (unpaired) electrons. The molecule has 0 aliphatic heterocycles. The number of carbonyl (C=O) groups excluding carboxylic acids is 2. The van der Waals surface area contributed by atoms with Crippen molar-refractivity contribution in [2.75, 3.05) is 30.2 Å². The molecular weight excluding hydrogens is 521 g/mol. The molecule has 0 aromatic heterocycles. The van der Waals surface area contributed by atoms with Gasteiger partial charge in [0, 0.05) is 31.1 Å². The van der Waals surface area contributed by atoms with E-state index in [9.17, 15) is 18.0 Å². The molecule has 1 atom stereocenters. The van der Waals surface area contributed by atoms with Gasteiger partial charge in [-0.05, 0) is 49.4 Å². The van der Waals surface area contributed by atoms with Crippen molar-refractivity contribution < 1.29 is 18.0 Å². The lowest BCUT2D eigenvalue weighted by molar-refractivity contribution is -0.140. The van der Waals surface area contributed by atoms with Gasteiger partial charge < -0.3 is 10.2 Å². The highest BCUT2D eigenvalue weighted by Crippen LogP contribution is 2.31. The highest BCUT2D eigenvalue weighted by molar-refractivity contribution is 7.92. The molecule has 2 aromatic carbocycles. The molecule has 0 saturated carbocycles. The zero-order valence-electron chi connectivity index (χ0n) is 21.0. The molecule has 10 heteroatoms. The largest absolute Gasteiger partial charge is 0.354 e. The predicted octanol–water partition coefficient (Wildman–Crippen LogP) is 4.92. The van der Waals surface area contributed by atoms with Crippen LogP contribution in [0, 0.1) is 0 Å². The van der Waals surface area contributed by atoms with E-state index in [1.54, 1.807) is 11.0 Å². The summed E-state index contributed by atoms with van der Waals surface area (Å²) < 4.78 is 26.1. The minimum atomic E-state index is -3.67. The van der Waals surface area contributed by atoms with E-state index in [0.717, 1.165) is 22.5 Å². The molecule has 198 valence electrons. The van der Waals surface area contributed by atoms with Crippen LogP contribution in [0.4, 0.5) is 5.69 Å². The van der Waals surface area contributed by atoms with E-state index in [0.29, 0.717) is 31.0 Å². The fourth-order valence-electron chi connectivity index (χ4n) is 3.92. The third kappa shape index (κ3) is 8.98. The Labute approximate surface area is 224 Å². The Morgan fingerprint density at radius 3 is 2.33 bits per heavy atom. The van der Waals surface area contributed by atoms with E-state index in [4.69, 9.17) is 23.2 Å². The Hall–Kier alpha value is -2.29. The summed E-state index contributed by atoms with van der Waals surface area (Å²) >= 11 is 12.3. The number of nitrogens with one attached hydrogen (secondary N) is 1. The Kier molecular flexibility index (Phi) is 12.0. The fourth-order valence-corrected chi connectivity index (χ4v) is 5.33. The molecule has 0 aliphatic carbocycles. The number of hydrogen-bond donors (Lipinski definition) is 1. The number of benzene rings is 2. The van der Waals surface area contributed by atoms with Gasteiger partial charge >= 0.3 is 0 Å². The van der Waals surface area contributed by atoms with Gasteiger partial charge in [0.15, 0.2) is 0 Å².